The van der Waals surface area contributed by atoms with Crippen molar-refractivity contribution >= 4 is 6.71 Å². The van der Waals surface area contributed by atoms with Gasteiger partial charge in [-0.1, -0.05) is 38.2 Å². The van der Waals surface area contributed by atoms with E-state index in [-0.39, 0.29) is 0 Å². The van der Waals surface area contributed by atoms with Crippen LogP contribution in [0.3, 0.4) is 0 Å². The first-order valence-corrected chi connectivity index (χ1v) is 3.94. The molecule has 0 spiro atoms. The van der Waals surface area contributed by atoms with Crippen molar-refractivity contribution in [2.45, 2.75) is 32.5 Å². The zero-order chi connectivity index (χ0) is 7.61. The maximum atomic E-state index is 2.31. The Bertz CT molecular complexity index is 148. The highest BCUT2D eigenvalue weighted by Gasteiger charge is 2.23. The minimum atomic E-state index is 0.396. The summed E-state index contributed by atoms with van der Waals surface area (Å²) in [5, 5.41) is 0.396. The molecule has 0 saturated heterocycles. The molecule has 0 N–H and O–H groups in total. The van der Waals surface area contributed by atoms with Crippen LogP contribution in [-0.2, 0) is 0 Å². The summed E-state index contributed by atoms with van der Waals surface area (Å²) in [5.41, 5.74) is 0. The predicted molar refractivity (Wildman–Crippen MR) is 48.4 cm³/mol. The van der Waals surface area contributed by atoms with Crippen LogP contribution in [0.25, 0.3) is 0 Å². The molecule has 0 aromatic heterocycles. The Morgan fingerprint density at radius 2 is 1.60 bits per heavy atom. The first-order valence-electron chi connectivity index (χ1n) is 3.94. The Balaban J connectivity index is 2.64. The monoisotopic (exact) mass is 134 g/mol. The second kappa shape index (κ2) is 2.65. The minimum absolute atomic E-state index is 0.396. The summed E-state index contributed by atoms with van der Waals surface area (Å²) in [4.78, 5) is 0. The van der Waals surface area contributed by atoms with E-state index in [2.05, 4.69) is 44.9 Å². The summed E-state index contributed by atoms with van der Waals surface area (Å²) in [6, 6.07) is 0. The Morgan fingerprint density at radius 1 is 1.10 bits per heavy atom. The molecule has 0 aromatic carbocycles. The van der Waals surface area contributed by atoms with Gasteiger partial charge in [-0.05, 0) is 6.42 Å². The lowest BCUT2D eigenvalue weighted by Crippen LogP contribution is -2.22. The second-order valence-electron chi connectivity index (χ2n) is 3.98. The summed E-state index contributed by atoms with van der Waals surface area (Å²) >= 11 is 0. The van der Waals surface area contributed by atoms with Gasteiger partial charge < -0.3 is 0 Å². The van der Waals surface area contributed by atoms with Gasteiger partial charge >= 0.3 is 0 Å². The maximum absolute atomic E-state index is 2.31. The molecule has 1 heteroatoms. The molecule has 1 aliphatic rings. The van der Waals surface area contributed by atoms with E-state index in [1.165, 1.54) is 0 Å². The first kappa shape index (κ1) is 7.65. The fraction of sp³-hybridized carbons (Fsp3) is 0.556. The molecule has 0 aliphatic carbocycles. The third-order valence-corrected chi connectivity index (χ3v) is 1.96. The van der Waals surface area contributed by atoms with E-state index in [0.29, 0.717) is 12.0 Å². The fourth-order valence-corrected chi connectivity index (χ4v) is 1.17. The Kier molecular flexibility index (Phi) is 2.03. The van der Waals surface area contributed by atoms with Gasteiger partial charge in [-0.2, -0.15) is 0 Å². The van der Waals surface area contributed by atoms with Gasteiger partial charge in [0.05, 0.1) is 0 Å². The van der Waals surface area contributed by atoms with Crippen LogP contribution >= 0.6 is 0 Å². The Hall–Kier alpha value is -0.455. The summed E-state index contributed by atoms with van der Waals surface area (Å²) in [7, 11) is 0. The molecule has 1 aliphatic heterocycles. The maximum Gasteiger partial charge on any atom is 0.197 e. The van der Waals surface area contributed by atoms with Crippen molar-refractivity contribution in [3.63, 3.8) is 0 Å². The van der Waals surface area contributed by atoms with Gasteiger partial charge in [0, 0.05) is 0 Å². The highest BCUT2D eigenvalue weighted by atomic mass is 14.0. The van der Waals surface area contributed by atoms with Crippen molar-refractivity contribution < 1.29 is 0 Å². The molecule has 0 bridgehead atoms. The van der Waals surface area contributed by atoms with E-state index in [1.54, 1.807) is 0 Å². The molecule has 0 saturated carbocycles. The van der Waals surface area contributed by atoms with E-state index in [4.69, 9.17) is 0 Å². The minimum Gasteiger partial charge on any atom is -0.114 e. The summed E-state index contributed by atoms with van der Waals surface area (Å²) in [5.74, 6) is 4.61. The number of hydrogen-bond acceptors (Lipinski definition) is 0. The topological polar surface area (TPSA) is 0 Å². The van der Waals surface area contributed by atoms with E-state index in [0.717, 1.165) is 6.42 Å². The number of rotatable bonds is 0. The summed E-state index contributed by atoms with van der Waals surface area (Å²) < 4.78 is 0. The molecule has 0 radical (unpaired) electrons. The molecule has 0 unspecified atom stereocenters. The van der Waals surface area contributed by atoms with Crippen molar-refractivity contribution in [2.75, 3.05) is 0 Å². The van der Waals surface area contributed by atoms with E-state index < -0.39 is 0 Å². The first-order chi connectivity index (χ1) is 4.61. The average Bonchev–Trinajstić information content (AvgIpc) is 1.88. The number of allylic oxidation sites excluding steroid dienone is 2. The summed E-state index contributed by atoms with van der Waals surface area (Å²) in [6.45, 7) is 7.47. The van der Waals surface area contributed by atoms with Gasteiger partial charge in [0.1, 0.15) is 0 Å². The average molecular weight is 134 g/mol. The SMILES string of the molecule is CC(C)(C)B1C=CCC=C1. The molecule has 0 amide bonds. The van der Waals surface area contributed by atoms with Crippen LogP contribution < -0.4 is 0 Å². The lowest BCUT2D eigenvalue weighted by Gasteiger charge is -2.23. The van der Waals surface area contributed by atoms with Gasteiger partial charge in [0.15, 0.2) is 6.71 Å². The van der Waals surface area contributed by atoms with E-state index in [9.17, 15) is 0 Å². The summed E-state index contributed by atoms with van der Waals surface area (Å²) in [6.07, 6.45) is 5.61. The Morgan fingerprint density at radius 3 is 1.90 bits per heavy atom. The molecule has 0 aromatic rings. The lowest BCUT2D eigenvalue weighted by atomic mass is 9.34. The molecule has 0 atom stereocenters. The molecule has 0 fully saturated rings. The second-order valence-corrected chi connectivity index (χ2v) is 3.98. The van der Waals surface area contributed by atoms with Crippen LogP contribution in [0, 0.1) is 0 Å². The van der Waals surface area contributed by atoms with Gasteiger partial charge in [-0.15, -0.1) is 12.0 Å². The van der Waals surface area contributed by atoms with Crippen molar-refractivity contribution in [1.29, 1.82) is 0 Å². The highest BCUT2D eigenvalue weighted by Crippen LogP contribution is 2.29. The quantitative estimate of drug-likeness (QED) is 0.447. The van der Waals surface area contributed by atoms with Crippen LogP contribution in [0.15, 0.2) is 24.1 Å². The zero-order valence-electron chi connectivity index (χ0n) is 7.09. The smallest absolute Gasteiger partial charge is 0.114 e. The number of hydrogen-bond donors (Lipinski definition) is 0. The molecule has 1 heterocycles. The van der Waals surface area contributed by atoms with Gasteiger partial charge in [0.25, 0.3) is 0 Å². The van der Waals surface area contributed by atoms with Crippen LogP contribution in [0.4, 0.5) is 0 Å². The normalized spacial score (nSPS) is 18.1. The molecule has 1 rings (SSSR count). The lowest BCUT2D eigenvalue weighted by molar-refractivity contribution is 0.748. The molecule has 54 valence electrons. The standard InChI is InChI=1S/C9H15B/c1-9(2,3)10-7-5-4-6-8-10/h5-8H,4H2,1-3H3. The van der Waals surface area contributed by atoms with E-state index >= 15 is 0 Å². The predicted octanol–water partition coefficient (Wildman–Crippen LogP) is 2.88. The fourth-order valence-electron chi connectivity index (χ4n) is 1.17. The molecular formula is C9H15B. The van der Waals surface area contributed by atoms with Crippen molar-refractivity contribution in [1.82, 2.24) is 0 Å². The molecular weight excluding hydrogens is 119 g/mol. The van der Waals surface area contributed by atoms with Crippen molar-refractivity contribution in [3.05, 3.63) is 24.1 Å². The van der Waals surface area contributed by atoms with Crippen LogP contribution in [0.2, 0.25) is 5.31 Å². The van der Waals surface area contributed by atoms with Crippen LogP contribution in [0.1, 0.15) is 27.2 Å². The highest BCUT2D eigenvalue weighted by molar-refractivity contribution is 6.72. The van der Waals surface area contributed by atoms with E-state index in [1.807, 2.05) is 0 Å². The third kappa shape index (κ3) is 1.76. The zero-order valence-corrected chi connectivity index (χ0v) is 7.09. The van der Waals surface area contributed by atoms with Gasteiger partial charge in [0.2, 0.25) is 0 Å². The molecule has 10 heavy (non-hydrogen) atoms. The van der Waals surface area contributed by atoms with Gasteiger partial charge in [-0.3, -0.25) is 0 Å². The largest absolute Gasteiger partial charge is 0.197 e. The van der Waals surface area contributed by atoms with Gasteiger partial charge in [-0.25, -0.2) is 0 Å². The van der Waals surface area contributed by atoms with Crippen LogP contribution in [0.5, 0.6) is 0 Å². The van der Waals surface area contributed by atoms with Crippen molar-refractivity contribution in [3.8, 4) is 0 Å². The molecule has 0 nitrogen and oxygen atoms in total. The van der Waals surface area contributed by atoms with Crippen LogP contribution in [-0.4, -0.2) is 6.71 Å². The third-order valence-electron chi connectivity index (χ3n) is 1.96. The Labute approximate surface area is 64.1 Å². The van der Waals surface area contributed by atoms with Crippen molar-refractivity contribution in [2.24, 2.45) is 0 Å².